The summed E-state index contributed by atoms with van der Waals surface area (Å²) in [5, 5.41) is 4.19. The molecule has 2 amide bonds. The minimum Gasteiger partial charge on any atom is -0.339 e. The van der Waals surface area contributed by atoms with Crippen molar-refractivity contribution in [3.05, 3.63) is 53.9 Å². The molecular weight excluding hydrogens is 328 g/mol. The highest BCUT2D eigenvalue weighted by Gasteiger charge is 2.30. The summed E-state index contributed by atoms with van der Waals surface area (Å²) in [6.45, 7) is 5.87. The molecule has 1 aromatic carbocycles. The topological polar surface area (TPSA) is 58.4 Å². The lowest BCUT2D eigenvalue weighted by molar-refractivity contribution is -0.133. The Morgan fingerprint density at radius 1 is 1.23 bits per heavy atom. The summed E-state index contributed by atoms with van der Waals surface area (Å²) in [4.78, 5) is 29.2. The third-order valence-corrected chi connectivity index (χ3v) is 5.02. The molecule has 1 saturated heterocycles. The number of benzene rings is 1. The van der Waals surface area contributed by atoms with Crippen LogP contribution in [0.1, 0.15) is 31.0 Å². The number of rotatable bonds is 5. The monoisotopic (exact) mass is 354 g/mol. The summed E-state index contributed by atoms with van der Waals surface area (Å²) in [7, 11) is 0. The smallest absolute Gasteiger partial charge is 0.244 e. The molecule has 1 aromatic heterocycles. The van der Waals surface area contributed by atoms with Gasteiger partial charge in [-0.1, -0.05) is 37.3 Å². The molecule has 138 valence electrons. The molecule has 6 nitrogen and oxygen atoms in total. The van der Waals surface area contributed by atoms with E-state index in [-0.39, 0.29) is 24.4 Å². The lowest BCUT2D eigenvalue weighted by atomic mass is 10.1. The van der Waals surface area contributed by atoms with E-state index in [9.17, 15) is 9.59 Å². The second-order valence-electron chi connectivity index (χ2n) is 6.79. The van der Waals surface area contributed by atoms with E-state index in [1.165, 1.54) is 0 Å². The van der Waals surface area contributed by atoms with Crippen molar-refractivity contribution in [1.29, 1.82) is 0 Å². The standard InChI is InChI=1S/C20H26N4O2/c1-3-18-14-22(20(26)15-24-16(2)9-11-21-24)12-10-19(25)23(18)13-17-7-5-4-6-8-17/h4-9,11,18H,3,10,12-15H2,1-2H3/t18-/m1/s1. The van der Waals surface area contributed by atoms with Gasteiger partial charge in [0.05, 0.1) is 0 Å². The van der Waals surface area contributed by atoms with Crippen LogP contribution in [-0.4, -0.2) is 50.5 Å². The van der Waals surface area contributed by atoms with Gasteiger partial charge in [0.25, 0.3) is 0 Å². The Bertz CT molecular complexity index is 756. The third-order valence-electron chi connectivity index (χ3n) is 5.02. The van der Waals surface area contributed by atoms with Crippen LogP contribution in [0.25, 0.3) is 0 Å². The number of hydrogen-bond acceptors (Lipinski definition) is 3. The summed E-state index contributed by atoms with van der Waals surface area (Å²) >= 11 is 0. The van der Waals surface area contributed by atoms with Crippen LogP contribution in [0.15, 0.2) is 42.6 Å². The normalized spacial score (nSPS) is 18.1. The summed E-state index contributed by atoms with van der Waals surface area (Å²) in [6, 6.07) is 11.9. The Labute approximate surface area is 154 Å². The molecule has 1 aliphatic heterocycles. The van der Waals surface area contributed by atoms with Gasteiger partial charge in [-0.15, -0.1) is 0 Å². The first-order chi connectivity index (χ1) is 12.6. The number of aromatic nitrogens is 2. The van der Waals surface area contributed by atoms with Gasteiger partial charge < -0.3 is 9.80 Å². The second-order valence-corrected chi connectivity index (χ2v) is 6.79. The molecule has 26 heavy (non-hydrogen) atoms. The fourth-order valence-corrected chi connectivity index (χ4v) is 3.39. The Morgan fingerprint density at radius 2 is 2.00 bits per heavy atom. The van der Waals surface area contributed by atoms with Gasteiger partial charge in [0.15, 0.2) is 0 Å². The van der Waals surface area contributed by atoms with Crippen molar-refractivity contribution in [1.82, 2.24) is 19.6 Å². The maximum absolute atomic E-state index is 12.7. The first-order valence-electron chi connectivity index (χ1n) is 9.18. The highest BCUT2D eigenvalue weighted by molar-refractivity contribution is 5.80. The number of aryl methyl sites for hydroxylation is 1. The molecule has 0 bridgehead atoms. The number of carbonyl (C=O) groups is 2. The zero-order chi connectivity index (χ0) is 18.5. The average molecular weight is 354 g/mol. The average Bonchev–Trinajstić information content (AvgIpc) is 2.97. The van der Waals surface area contributed by atoms with Gasteiger partial charge in [0, 0.05) is 44.0 Å². The minimum absolute atomic E-state index is 0.0182. The van der Waals surface area contributed by atoms with E-state index in [1.807, 2.05) is 53.1 Å². The maximum atomic E-state index is 12.7. The largest absolute Gasteiger partial charge is 0.339 e. The van der Waals surface area contributed by atoms with Crippen LogP contribution in [0, 0.1) is 6.92 Å². The highest BCUT2D eigenvalue weighted by atomic mass is 16.2. The quantitative estimate of drug-likeness (QED) is 0.827. The molecule has 0 unspecified atom stereocenters. The molecule has 0 saturated carbocycles. The SMILES string of the molecule is CC[C@@H]1CN(C(=O)Cn2nccc2C)CCC(=O)N1Cc1ccccc1. The molecule has 0 aliphatic carbocycles. The van der Waals surface area contributed by atoms with Crippen molar-refractivity contribution in [2.24, 2.45) is 0 Å². The van der Waals surface area contributed by atoms with Crippen LogP contribution in [-0.2, 0) is 22.7 Å². The Morgan fingerprint density at radius 3 is 2.65 bits per heavy atom. The van der Waals surface area contributed by atoms with E-state index in [0.717, 1.165) is 17.7 Å². The van der Waals surface area contributed by atoms with E-state index in [0.29, 0.717) is 26.1 Å². The summed E-state index contributed by atoms with van der Waals surface area (Å²) in [6.07, 6.45) is 2.89. The molecule has 6 heteroatoms. The van der Waals surface area contributed by atoms with Crippen molar-refractivity contribution >= 4 is 11.8 Å². The van der Waals surface area contributed by atoms with E-state index in [4.69, 9.17) is 0 Å². The van der Waals surface area contributed by atoms with Crippen LogP contribution in [0.4, 0.5) is 0 Å². The molecule has 2 aromatic rings. The summed E-state index contributed by atoms with van der Waals surface area (Å²) in [5.41, 5.74) is 2.08. The minimum atomic E-state index is 0.0182. The van der Waals surface area contributed by atoms with Crippen LogP contribution in [0.5, 0.6) is 0 Å². The van der Waals surface area contributed by atoms with Crippen LogP contribution in [0.3, 0.4) is 0 Å². The molecule has 1 atom stereocenters. The molecule has 3 rings (SSSR count). The van der Waals surface area contributed by atoms with Gasteiger partial charge in [-0.25, -0.2) is 0 Å². The second kappa shape index (κ2) is 8.17. The van der Waals surface area contributed by atoms with E-state index < -0.39 is 0 Å². The van der Waals surface area contributed by atoms with Gasteiger partial charge in [-0.05, 0) is 25.0 Å². The predicted octanol–water partition coefficient (Wildman–Crippen LogP) is 2.23. The molecule has 0 radical (unpaired) electrons. The molecule has 1 aliphatic rings. The van der Waals surface area contributed by atoms with Crippen molar-refractivity contribution in [2.75, 3.05) is 13.1 Å². The fraction of sp³-hybridized carbons (Fsp3) is 0.450. The Hall–Kier alpha value is -2.63. The zero-order valence-electron chi connectivity index (χ0n) is 15.5. The molecular formula is C20H26N4O2. The van der Waals surface area contributed by atoms with E-state index in [2.05, 4.69) is 12.0 Å². The first kappa shape index (κ1) is 18.2. The van der Waals surface area contributed by atoms with Crippen LogP contribution >= 0.6 is 0 Å². The Balaban J connectivity index is 1.71. The van der Waals surface area contributed by atoms with Crippen molar-refractivity contribution in [3.63, 3.8) is 0 Å². The maximum Gasteiger partial charge on any atom is 0.244 e. The van der Waals surface area contributed by atoms with Crippen LogP contribution < -0.4 is 0 Å². The number of nitrogens with zero attached hydrogens (tertiary/aromatic N) is 4. The van der Waals surface area contributed by atoms with Gasteiger partial charge in [0.1, 0.15) is 6.54 Å². The van der Waals surface area contributed by atoms with Crippen molar-refractivity contribution < 1.29 is 9.59 Å². The molecule has 0 N–H and O–H groups in total. The van der Waals surface area contributed by atoms with Gasteiger partial charge in [-0.3, -0.25) is 14.3 Å². The molecule has 1 fully saturated rings. The van der Waals surface area contributed by atoms with Gasteiger partial charge in [0.2, 0.25) is 11.8 Å². The van der Waals surface area contributed by atoms with E-state index >= 15 is 0 Å². The Kier molecular flexibility index (Phi) is 5.71. The van der Waals surface area contributed by atoms with Crippen LogP contribution in [0.2, 0.25) is 0 Å². The lowest BCUT2D eigenvalue weighted by Crippen LogP contribution is -2.44. The highest BCUT2D eigenvalue weighted by Crippen LogP contribution is 2.18. The predicted molar refractivity (Wildman–Crippen MR) is 99.2 cm³/mol. The number of hydrogen-bond donors (Lipinski definition) is 0. The number of amides is 2. The summed E-state index contributed by atoms with van der Waals surface area (Å²) in [5.74, 6) is 0.135. The lowest BCUT2D eigenvalue weighted by Gasteiger charge is -2.31. The third kappa shape index (κ3) is 4.12. The van der Waals surface area contributed by atoms with Gasteiger partial charge in [-0.2, -0.15) is 5.10 Å². The first-order valence-corrected chi connectivity index (χ1v) is 9.18. The van der Waals surface area contributed by atoms with Crippen molar-refractivity contribution in [2.45, 2.75) is 45.8 Å². The molecule has 0 spiro atoms. The molecule has 2 heterocycles. The summed E-state index contributed by atoms with van der Waals surface area (Å²) < 4.78 is 1.71. The number of carbonyl (C=O) groups excluding carboxylic acids is 2. The zero-order valence-corrected chi connectivity index (χ0v) is 15.5. The van der Waals surface area contributed by atoms with Crippen molar-refractivity contribution in [3.8, 4) is 0 Å². The fourth-order valence-electron chi connectivity index (χ4n) is 3.39. The van der Waals surface area contributed by atoms with Gasteiger partial charge >= 0.3 is 0 Å². The van der Waals surface area contributed by atoms with E-state index in [1.54, 1.807) is 10.9 Å².